The number of urea groups is 1. The van der Waals surface area contributed by atoms with Crippen molar-refractivity contribution in [3.63, 3.8) is 0 Å². The van der Waals surface area contributed by atoms with Crippen molar-refractivity contribution in [2.24, 2.45) is 7.05 Å². The van der Waals surface area contributed by atoms with Gasteiger partial charge in [0.1, 0.15) is 17.2 Å². The van der Waals surface area contributed by atoms with Crippen LogP contribution in [0.25, 0.3) is 0 Å². The van der Waals surface area contributed by atoms with Crippen LogP contribution in [0.4, 0.5) is 39.7 Å². The van der Waals surface area contributed by atoms with E-state index in [1.807, 2.05) is 0 Å². The van der Waals surface area contributed by atoms with Crippen molar-refractivity contribution >= 4 is 35.2 Å². The lowest BCUT2D eigenvalue weighted by atomic mass is 10.2. The molecule has 222 valence electrons. The van der Waals surface area contributed by atoms with Gasteiger partial charge in [-0.1, -0.05) is 18.2 Å². The Morgan fingerprint density at radius 3 is 2.35 bits per heavy atom. The maximum absolute atomic E-state index is 13.6. The quantitative estimate of drug-likeness (QED) is 0.225. The number of aryl methyl sites for hydroxylation is 1. The average Bonchev–Trinajstić information content (AvgIpc) is 3.33. The first-order chi connectivity index (χ1) is 20.4. The van der Waals surface area contributed by atoms with Gasteiger partial charge in [0.2, 0.25) is 0 Å². The molecule has 16 heteroatoms. The van der Waals surface area contributed by atoms with Crippen LogP contribution in [-0.2, 0) is 13.6 Å². The van der Waals surface area contributed by atoms with Crippen LogP contribution in [0.3, 0.4) is 0 Å². The number of halogens is 4. The van der Waals surface area contributed by atoms with Crippen molar-refractivity contribution in [2.75, 3.05) is 16.0 Å². The van der Waals surface area contributed by atoms with Crippen LogP contribution in [-0.4, -0.2) is 44.8 Å². The Morgan fingerprint density at radius 1 is 0.884 bits per heavy atom. The number of nitrogens with zero attached hydrogens (tertiary/aromatic N) is 3. The fourth-order valence-corrected chi connectivity index (χ4v) is 3.91. The highest BCUT2D eigenvalue weighted by Crippen LogP contribution is 2.47. The van der Waals surface area contributed by atoms with Crippen molar-refractivity contribution in [2.45, 2.75) is 18.8 Å². The number of nitrogens with one attached hydrogen (secondary N) is 4. The molecule has 0 atom stereocenters. The third-order valence-electron chi connectivity index (χ3n) is 5.99. The summed E-state index contributed by atoms with van der Waals surface area (Å²) in [6.45, 7) is 0.148. The van der Waals surface area contributed by atoms with Gasteiger partial charge in [0, 0.05) is 37.1 Å². The van der Waals surface area contributed by atoms with Crippen LogP contribution < -0.4 is 30.7 Å². The first kappa shape index (κ1) is 28.8. The van der Waals surface area contributed by atoms with E-state index in [2.05, 4.69) is 40.8 Å². The Kier molecular flexibility index (Phi) is 7.58. The highest BCUT2D eigenvalue weighted by molar-refractivity contribution is 6.08. The molecule has 1 aliphatic heterocycles. The SMILES string of the molecule is Cn1ncc(C(=O)Nc2ccc3c(c2)OC(F)(F)C(F)(F)O3)c1NCc1ccnc(NC(=O)NC(=O)c2ccccc2)c1. The zero-order valence-electron chi connectivity index (χ0n) is 22.0. The molecule has 0 fully saturated rings. The standard InChI is InChI=1S/C27H21F4N7O5/c1-38-22(33-13-15-9-10-32-21(11-15)36-25(41)37-23(39)16-5-3-2-4-6-16)18(14-34-38)24(40)35-17-7-8-19-20(12-17)43-27(30,31)26(28,29)42-19/h2-12,14,33H,13H2,1H3,(H,35,40)(H2,32,36,37,39,41). The van der Waals surface area contributed by atoms with Crippen LogP contribution in [0.15, 0.2) is 73.1 Å². The van der Waals surface area contributed by atoms with E-state index in [1.54, 1.807) is 49.5 Å². The Hall–Kier alpha value is -5.67. The van der Waals surface area contributed by atoms with Crippen LogP contribution in [0.1, 0.15) is 26.3 Å². The van der Waals surface area contributed by atoms with E-state index in [0.29, 0.717) is 11.1 Å². The van der Waals surface area contributed by atoms with Gasteiger partial charge in [-0.05, 0) is 42.0 Å². The number of carbonyl (C=O) groups excluding carboxylic acids is 3. The monoisotopic (exact) mass is 599 g/mol. The van der Waals surface area contributed by atoms with E-state index < -0.39 is 41.6 Å². The molecular formula is C27H21F4N7O5. The smallest absolute Gasteiger partial charge is 0.421 e. The van der Waals surface area contributed by atoms with Crippen molar-refractivity contribution < 1.29 is 41.4 Å². The lowest BCUT2D eigenvalue weighted by Gasteiger charge is -2.31. The molecule has 12 nitrogen and oxygen atoms in total. The summed E-state index contributed by atoms with van der Waals surface area (Å²) in [6.07, 6.45) is -7.07. The molecule has 0 unspecified atom stereocenters. The number of hydrogen-bond donors (Lipinski definition) is 4. The third-order valence-corrected chi connectivity index (χ3v) is 5.99. The molecule has 5 rings (SSSR count). The van der Waals surface area contributed by atoms with Gasteiger partial charge in [-0.2, -0.15) is 22.7 Å². The minimum absolute atomic E-state index is 0.0305. The van der Waals surface area contributed by atoms with Crippen LogP contribution in [0.5, 0.6) is 11.5 Å². The molecule has 0 radical (unpaired) electrons. The lowest BCUT2D eigenvalue weighted by molar-refractivity contribution is -0.391. The minimum Gasteiger partial charge on any atom is -0.421 e. The number of imide groups is 1. The second kappa shape index (κ2) is 11.3. The first-order valence-corrected chi connectivity index (χ1v) is 12.4. The molecule has 2 aromatic heterocycles. The Labute approximate surface area is 240 Å². The highest BCUT2D eigenvalue weighted by atomic mass is 19.3. The molecule has 0 saturated carbocycles. The predicted octanol–water partition coefficient (Wildman–Crippen LogP) is 4.60. The van der Waals surface area contributed by atoms with Gasteiger partial charge in [0.25, 0.3) is 11.8 Å². The minimum atomic E-state index is -4.91. The number of fused-ring (bicyclic) bond motifs is 1. The third kappa shape index (κ3) is 6.32. The van der Waals surface area contributed by atoms with Gasteiger partial charge in [-0.15, -0.1) is 0 Å². The second-order valence-electron chi connectivity index (χ2n) is 9.06. The number of rotatable bonds is 7. The maximum Gasteiger partial charge on any atom is 0.507 e. The van der Waals surface area contributed by atoms with Gasteiger partial charge in [0.05, 0.1) is 6.20 Å². The molecule has 4 aromatic rings. The molecule has 1 aliphatic rings. The molecule has 0 bridgehead atoms. The van der Waals surface area contributed by atoms with Crippen LogP contribution in [0, 0.1) is 0 Å². The second-order valence-corrected chi connectivity index (χ2v) is 9.06. The topological polar surface area (TPSA) is 148 Å². The summed E-state index contributed by atoms with van der Waals surface area (Å²) >= 11 is 0. The van der Waals surface area contributed by atoms with Crippen LogP contribution >= 0.6 is 0 Å². The number of hydrogen-bond acceptors (Lipinski definition) is 8. The summed E-state index contributed by atoms with van der Waals surface area (Å²) < 4.78 is 63.4. The summed E-state index contributed by atoms with van der Waals surface area (Å²) in [5.41, 5.74) is 0.981. The van der Waals surface area contributed by atoms with Gasteiger partial charge in [-0.3, -0.25) is 24.9 Å². The number of amides is 4. The molecular weight excluding hydrogens is 578 g/mol. The number of pyridine rings is 1. The molecule has 0 saturated heterocycles. The van der Waals surface area contributed by atoms with Crippen molar-refractivity contribution in [1.29, 1.82) is 0 Å². The Bertz CT molecular complexity index is 1700. The van der Waals surface area contributed by atoms with Gasteiger partial charge < -0.3 is 20.1 Å². The van der Waals surface area contributed by atoms with Gasteiger partial charge in [-0.25, -0.2) is 9.78 Å². The van der Waals surface area contributed by atoms with Gasteiger partial charge in [0.15, 0.2) is 11.5 Å². The zero-order valence-corrected chi connectivity index (χ0v) is 22.0. The molecule has 2 aromatic carbocycles. The van der Waals surface area contributed by atoms with Crippen molar-refractivity contribution in [3.05, 3.63) is 89.7 Å². The molecule has 0 aliphatic carbocycles. The number of aromatic nitrogens is 3. The lowest BCUT2D eigenvalue weighted by Crippen LogP contribution is -2.52. The molecule has 43 heavy (non-hydrogen) atoms. The summed E-state index contributed by atoms with van der Waals surface area (Å²) in [5.74, 6) is -2.15. The summed E-state index contributed by atoms with van der Waals surface area (Å²) in [4.78, 5) is 41.5. The maximum atomic E-state index is 13.6. The van der Waals surface area contributed by atoms with E-state index in [0.717, 1.165) is 12.1 Å². The normalized spacial score (nSPS) is 14.3. The summed E-state index contributed by atoms with van der Waals surface area (Å²) in [5, 5.41) is 14.3. The fourth-order valence-electron chi connectivity index (χ4n) is 3.91. The molecule has 3 heterocycles. The largest absolute Gasteiger partial charge is 0.507 e. The van der Waals surface area contributed by atoms with E-state index in [1.165, 1.54) is 23.1 Å². The Morgan fingerprint density at radius 2 is 1.60 bits per heavy atom. The molecule has 0 spiro atoms. The highest BCUT2D eigenvalue weighted by Gasteiger charge is 2.65. The van der Waals surface area contributed by atoms with Crippen molar-refractivity contribution in [3.8, 4) is 11.5 Å². The molecule has 4 amide bonds. The van der Waals surface area contributed by atoms with E-state index in [9.17, 15) is 31.9 Å². The van der Waals surface area contributed by atoms with Gasteiger partial charge >= 0.3 is 18.2 Å². The Balaban J connectivity index is 1.22. The summed E-state index contributed by atoms with van der Waals surface area (Å²) in [6, 6.07) is 13.7. The number of benzene rings is 2. The van der Waals surface area contributed by atoms with Crippen molar-refractivity contribution in [1.82, 2.24) is 20.1 Å². The number of ether oxygens (including phenoxy) is 2. The number of alkyl halides is 4. The van der Waals surface area contributed by atoms with E-state index >= 15 is 0 Å². The number of carbonyl (C=O) groups is 3. The zero-order chi connectivity index (χ0) is 30.8. The summed E-state index contributed by atoms with van der Waals surface area (Å²) in [7, 11) is 1.57. The van der Waals surface area contributed by atoms with E-state index in [-0.39, 0.29) is 29.4 Å². The average molecular weight is 600 g/mol. The number of anilines is 3. The van der Waals surface area contributed by atoms with E-state index in [4.69, 9.17) is 0 Å². The fraction of sp³-hybridized carbons (Fsp3) is 0.148. The molecule has 4 N–H and O–H groups in total. The predicted molar refractivity (Wildman–Crippen MR) is 143 cm³/mol. The van der Waals surface area contributed by atoms with Crippen LogP contribution in [0.2, 0.25) is 0 Å². The first-order valence-electron chi connectivity index (χ1n) is 12.4.